The van der Waals surface area contributed by atoms with Crippen LogP contribution in [0.5, 0.6) is 0 Å². The SMILES string of the molecule is Cc1ccn(CCC(=O)N2CC[C@H](c3nc4c(c(=O)[nH]3)CCN(C(=O)C3CC3)C4)C2)n1. The third-order valence-corrected chi connectivity index (χ3v) is 6.59. The van der Waals surface area contributed by atoms with E-state index in [1.54, 1.807) is 4.68 Å². The fourth-order valence-electron chi connectivity index (χ4n) is 4.59. The highest BCUT2D eigenvalue weighted by atomic mass is 16.2. The normalized spacial score (nSPS) is 20.7. The first kappa shape index (κ1) is 20.0. The molecule has 2 aliphatic heterocycles. The second-order valence-electron chi connectivity index (χ2n) is 8.96. The highest BCUT2D eigenvalue weighted by molar-refractivity contribution is 5.81. The van der Waals surface area contributed by atoms with Gasteiger partial charge in [-0.3, -0.25) is 19.1 Å². The molecule has 1 aliphatic carbocycles. The number of H-pyrrole nitrogens is 1. The van der Waals surface area contributed by atoms with Gasteiger partial charge in [-0.2, -0.15) is 5.10 Å². The molecule has 2 aromatic rings. The van der Waals surface area contributed by atoms with Gasteiger partial charge in [0.25, 0.3) is 5.56 Å². The fourth-order valence-corrected chi connectivity index (χ4v) is 4.59. The predicted octanol–water partition coefficient (Wildman–Crippen LogP) is 0.976. The van der Waals surface area contributed by atoms with Crippen LogP contribution in [0.4, 0.5) is 0 Å². The summed E-state index contributed by atoms with van der Waals surface area (Å²) in [6, 6.07) is 1.92. The van der Waals surface area contributed by atoms with Crippen LogP contribution in [0.15, 0.2) is 17.1 Å². The van der Waals surface area contributed by atoms with Crippen molar-refractivity contribution in [1.29, 1.82) is 0 Å². The molecule has 1 N–H and O–H groups in total. The number of hydrogen-bond acceptors (Lipinski definition) is 5. The number of amides is 2. The third kappa shape index (κ3) is 4.13. The lowest BCUT2D eigenvalue weighted by molar-refractivity contribution is -0.133. The molecule has 31 heavy (non-hydrogen) atoms. The van der Waals surface area contributed by atoms with Gasteiger partial charge in [0.05, 0.1) is 17.9 Å². The number of carbonyl (C=O) groups excluding carboxylic acids is 2. The monoisotopic (exact) mass is 424 g/mol. The number of nitrogens with one attached hydrogen (secondary N) is 1. The number of aryl methyl sites for hydroxylation is 2. The second kappa shape index (κ2) is 7.94. The molecular weight excluding hydrogens is 396 g/mol. The summed E-state index contributed by atoms with van der Waals surface area (Å²) in [5, 5.41) is 4.32. The van der Waals surface area contributed by atoms with E-state index in [4.69, 9.17) is 4.98 Å². The number of aromatic amines is 1. The van der Waals surface area contributed by atoms with E-state index in [-0.39, 0.29) is 29.2 Å². The summed E-state index contributed by atoms with van der Waals surface area (Å²) in [7, 11) is 0. The molecule has 9 heteroatoms. The van der Waals surface area contributed by atoms with Gasteiger partial charge in [0.15, 0.2) is 0 Å². The number of fused-ring (bicyclic) bond motifs is 1. The number of hydrogen-bond donors (Lipinski definition) is 1. The zero-order chi connectivity index (χ0) is 21.5. The van der Waals surface area contributed by atoms with Crippen LogP contribution in [0.1, 0.15) is 54.4 Å². The van der Waals surface area contributed by atoms with Crippen LogP contribution in [-0.4, -0.2) is 61.0 Å². The Morgan fingerprint density at radius 1 is 1.19 bits per heavy atom. The molecule has 1 saturated carbocycles. The van der Waals surface area contributed by atoms with Crippen molar-refractivity contribution >= 4 is 11.8 Å². The summed E-state index contributed by atoms with van der Waals surface area (Å²) in [6.45, 7) is 4.72. The van der Waals surface area contributed by atoms with E-state index in [1.807, 2.05) is 29.0 Å². The molecule has 1 saturated heterocycles. The van der Waals surface area contributed by atoms with Crippen LogP contribution in [0.2, 0.25) is 0 Å². The Hall–Kier alpha value is -2.97. The van der Waals surface area contributed by atoms with Gasteiger partial charge in [-0.05, 0) is 38.7 Å². The molecule has 2 amide bonds. The molecule has 2 aromatic heterocycles. The maximum absolute atomic E-state index is 12.7. The number of likely N-dealkylation sites (tertiary alicyclic amines) is 1. The van der Waals surface area contributed by atoms with Crippen LogP contribution < -0.4 is 5.56 Å². The molecule has 2 fully saturated rings. The van der Waals surface area contributed by atoms with E-state index in [2.05, 4.69) is 10.1 Å². The lowest BCUT2D eigenvalue weighted by Crippen LogP contribution is -2.40. The van der Waals surface area contributed by atoms with Crippen LogP contribution in [-0.2, 0) is 29.1 Å². The second-order valence-corrected chi connectivity index (χ2v) is 8.96. The van der Waals surface area contributed by atoms with Gasteiger partial charge in [-0.1, -0.05) is 0 Å². The molecule has 4 heterocycles. The van der Waals surface area contributed by atoms with E-state index in [0.717, 1.165) is 30.7 Å². The van der Waals surface area contributed by atoms with E-state index in [0.29, 0.717) is 57.0 Å². The first-order chi connectivity index (χ1) is 15.0. The summed E-state index contributed by atoms with van der Waals surface area (Å²) < 4.78 is 1.79. The lowest BCUT2D eigenvalue weighted by atomic mass is 10.0. The number of carbonyl (C=O) groups is 2. The zero-order valence-corrected chi connectivity index (χ0v) is 17.8. The Morgan fingerprint density at radius 3 is 2.77 bits per heavy atom. The number of aromatic nitrogens is 4. The number of nitrogens with zero attached hydrogens (tertiary/aromatic N) is 5. The van der Waals surface area contributed by atoms with Gasteiger partial charge in [0, 0.05) is 56.2 Å². The van der Waals surface area contributed by atoms with Gasteiger partial charge in [-0.25, -0.2) is 4.98 Å². The summed E-state index contributed by atoms with van der Waals surface area (Å²) in [5.41, 5.74) is 2.26. The van der Waals surface area contributed by atoms with Crippen LogP contribution in [0.25, 0.3) is 0 Å². The van der Waals surface area contributed by atoms with Crippen molar-refractivity contribution in [2.24, 2.45) is 5.92 Å². The van der Waals surface area contributed by atoms with E-state index < -0.39 is 0 Å². The first-order valence-electron chi connectivity index (χ1n) is 11.2. The van der Waals surface area contributed by atoms with Gasteiger partial charge in [0.2, 0.25) is 11.8 Å². The average Bonchev–Trinajstić information content (AvgIpc) is 3.34. The summed E-state index contributed by atoms with van der Waals surface area (Å²) >= 11 is 0. The Labute approximate surface area is 180 Å². The molecular formula is C22H28N6O3. The van der Waals surface area contributed by atoms with Crippen molar-refractivity contribution < 1.29 is 9.59 Å². The molecule has 5 rings (SSSR count). The Bertz CT molecular complexity index is 1070. The Kier molecular flexibility index (Phi) is 5.11. The molecule has 0 bridgehead atoms. The molecule has 9 nitrogen and oxygen atoms in total. The van der Waals surface area contributed by atoms with Crippen molar-refractivity contribution in [3.8, 4) is 0 Å². The minimum Gasteiger partial charge on any atom is -0.342 e. The minimum absolute atomic E-state index is 0.0170. The molecule has 164 valence electrons. The molecule has 3 aliphatic rings. The van der Waals surface area contributed by atoms with E-state index in [1.165, 1.54) is 0 Å². The zero-order valence-electron chi connectivity index (χ0n) is 17.8. The number of rotatable bonds is 5. The smallest absolute Gasteiger partial charge is 0.254 e. The predicted molar refractivity (Wildman–Crippen MR) is 112 cm³/mol. The highest BCUT2D eigenvalue weighted by Crippen LogP contribution is 2.32. The molecule has 0 spiro atoms. The topological polar surface area (TPSA) is 104 Å². The van der Waals surface area contributed by atoms with E-state index >= 15 is 0 Å². The fraction of sp³-hybridized carbons (Fsp3) is 0.591. The van der Waals surface area contributed by atoms with Gasteiger partial charge in [0.1, 0.15) is 5.82 Å². The average molecular weight is 425 g/mol. The molecule has 0 aromatic carbocycles. The van der Waals surface area contributed by atoms with Crippen molar-refractivity contribution in [2.75, 3.05) is 19.6 Å². The van der Waals surface area contributed by atoms with Crippen molar-refractivity contribution in [2.45, 2.75) is 58.0 Å². The Balaban J connectivity index is 1.24. The maximum atomic E-state index is 12.7. The van der Waals surface area contributed by atoms with Crippen LogP contribution in [0.3, 0.4) is 0 Å². The van der Waals surface area contributed by atoms with Crippen molar-refractivity contribution in [1.82, 2.24) is 29.5 Å². The first-order valence-corrected chi connectivity index (χ1v) is 11.2. The molecule has 1 atom stereocenters. The van der Waals surface area contributed by atoms with Crippen molar-refractivity contribution in [3.63, 3.8) is 0 Å². The summed E-state index contributed by atoms with van der Waals surface area (Å²) in [5.74, 6) is 1.12. The summed E-state index contributed by atoms with van der Waals surface area (Å²) in [4.78, 5) is 49.1. The third-order valence-electron chi connectivity index (χ3n) is 6.59. The van der Waals surface area contributed by atoms with Crippen LogP contribution >= 0.6 is 0 Å². The lowest BCUT2D eigenvalue weighted by Gasteiger charge is -2.28. The van der Waals surface area contributed by atoms with Gasteiger partial charge in [-0.15, -0.1) is 0 Å². The van der Waals surface area contributed by atoms with Gasteiger partial charge < -0.3 is 14.8 Å². The summed E-state index contributed by atoms with van der Waals surface area (Å²) in [6.07, 6.45) is 5.57. The standard InChI is InChI=1S/C22H28N6O3/c1-14-4-10-28(25-14)11-7-19(29)26-8-5-16(12-26)20-23-18-13-27(22(31)15-2-3-15)9-6-17(18)21(30)24-20/h4,10,15-16H,2-3,5-9,11-13H2,1H3,(H,23,24,30)/t16-/m0/s1. The van der Waals surface area contributed by atoms with Gasteiger partial charge >= 0.3 is 0 Å². The van der Waals surface area contributed by atoms with Crippen molar-refractivity contribution in [3.05, 3.63) is 45.4 Å². The maximum Gasteiger partial charge on any atom is 0.254 e. The molecule has 0 radical (unpaired) electrons. The quantitative estimate of drug-likeness (QED) is 0.770. The van der Waals surface area contributed by atoms with Crippen LogP contribution in [0, 0.1) is 12.8 Å². The van der Waals surface area contributed by atoms with E-state index in [9.17, 15) is 14.4 Å². The molecule has 0 unspecified atom stereocenters. The highest BCUT2D eigenvalue weighted by Gasteiger charge is 2.36. The largest absolute Gasteiger partial charge is 0.342 e. The minimum atomic E-state index is -0.0997. The Morgan fingerprint density at radius 2 is 2.03 bits per heavy atom.